The largest absolute Gasteiger partial charge is 0.338 e. The van der Waals surface area contributed by atoms with Crippen molar-refractivity contribution in [2.24, 2.45) is 5.41 Å². The molecule has 2 nitrogen and oxygen atoms in total. The first-order chi connectivity index (χ1) is 8.64. The van der Waals surface area contributed by atoms with E-state index >= 15 is 0 Å². The maximum Gasteiger partial charge on any atom is 0.253 e. The highest BCUT2D eigenvalue weighted by atomic mass is 16.2. The molecular weight excluding hydrogens is 222 g/mol. The van der Waals surface area contributed by atoms with Crippen LogP contribution in [0.5, 0.6) is 0 Å². The van der Waals surface area contributed by atoms with Gasteiger partial charge in [0, 0.05) is 18.7 Å². The van der Waals surface area contributed by atoms with Crippen molar-refractivity contribution in [3.63, 3.8) is 0 Å². The summed E-state index contributed by atoms with van der Waals surface area (Å²) < 4.78 is 0. The quantitative estimate of drug-likeness (QED) is 0.744. The molecule has 0 bridgehead atoms. The van der Waals surface area contributed by atoms with Gasteiger partial charge in [-0.05, 0) is 36.8 Å². The third kappa shape index (κ3) is 2.81. The van der Waals surface area contributed by atoms with E-state index < -0.39 is 0 Å². The third-order valence-electron chi connectivity index (χ3n) is 3.73. The molecule has 2 rings (SSSR count). The first kappa shape index (κ1) is 12.9. The highest BCUT2D eigenvalue weighted by Gasteiger charge is 2.32. The van der Waals surface area contributed by atoms with Gasteiger partial charge in [0.05, 0.1) is 0 Å². The van der Waals surface area contributed by atoms with Crippen molar-refractivity contribution in [2.45, 2.75) is 26.2 Å². The van der Waals surface area contributed by atoms with Crippen molar-refractivity contribution in [2.75, 3.05) is 13.1 Å². The smallest absolute Gasteiger partial charge is 0.253 e. The fourth-order valence-corrected chi connectivity index (χ4v) is 2.77. The van der Waals surface area contributed by atoms with Gasteiger partial charge in [0.1, 0.15) is 0 Å². The maximum absolute atomic E-state index is 12.4. The number of piperidine rings is 1. The molecule has 0 unspecified atom stereocenters. The molecule has 1 fully saturated rings. The van der Waals surface area contributed by atoms with E-state index in [0.717, 1.165) is 31.5 Å². The van der Waals surface area contributed by atoms with Crippen LogP contribution < -0.4 is 0 Å². The molecule has 0 N–H and O–H groups in total. The van der Waals surface area contributed by atoms with E-state index in [1.54, 1.807) is 0 Å². The van der Waals surface area contributed by atoms with Crippen LogP contribution in [-0.2, 0) is 0 Å². The highest BCUT2D eigenvalue weighted by molar-refractivity contribution is 5.94. The van der Waals surface area contributed by atoms with Gasteiger partial charge in [-0.2, -0.15) is 0 Å². The molecule has 0 radical (unpaired) electrons. The molecule has 2 heteroatoms. The fraction of sp³-hybridized carbons (Fsp3) is 0.438. The Morgan fingerprint density at radius 3 is 2.83 bits per heavy atom. The Bertz CT molecular complexity index is 426. The van der Waals surface area contributed by atoms with Crippen molar-refractivity contribution in [3.8, 4) is 0 Å². The second kappa shape index (κ2) is 5.38. The molecule has 1 aliphatic rings. The summed E-state index contributed by atoms with van der Waals surface area (Å²) in [5.74, 6) is 0.158. The minimum Gasteiger partial charge on any atom is -0.338 e. The maximum atomic E-state index is 12.4. The SMILES string of the molecule is C=CC[C@]1(C)CCCN(C(=O)c2ccccc2)C1. The van der Waals surface area contributed by atoms with Crippen molar-refractivity contribution >= 4 is 5.91 Å². The van der Waals surface area contributed by atoms with Gasteiger partial charge in [-0.25, -0.2) is 0 Å². The summed E-state index contributed by atoms with van der Waals surface area (Å²) >= 11 is 0. The zero-order valence-corrected chi connectivity index (χ0v) is 11.1. The highest BCUT2D eigenvalue weighted by Crippen LogP contribution is 2.33. The van der Waals surface area contributed by atoms with Crippen LogP contribution in [0.25, 0.3) is 0 Å². The van der Waals surface area contributed by atoms with Crippen molar-refractivity contribution in [1.29, 1.82) is 0 Å². The van der Waals surface area contributed by atoms with Gasteiger partial charge in [0.15, 0.2) is 0 Å². The number of rotatable bonds is 3. The normalized spacial score (nSPS) is 23.7. The van der Waals surface area contributed by atoms with Crippen LogP contribution in [0.2, 0.25) is 0 Å². The third-order valence-corrected chi connectivity index (χ3v) is 3.73. The molecule has 1 aromatic rings. The average Bonchev–Trinajstić information content (AvgIpc) is 2.39. The molecule has 0 spiro atoms. The lowest BCUT2D eigenvalue weighted by molar-refractivity contribution is 0.0556. The molecular formula is C16H21NO. The van der Waals surface area contributed by atoms with Gasteiger partial charge >= 0.3 is 0 Å². The van der Waals surface area contributed by atoms with Gasteiger partial charge in [0.25, 0.3) is 5.91 Å². The van der Waals surface area contributed by atoms with Crippen LogP contribution in [-0.4, -0.2) is 23.9 Å². The van der Waals surface area contributed by atoms with Gasteiger partial charge in [-0.3, -0.25) is 4.79 Å². The molecule has 0 aliphatic carbocycles. The topological polar surface area (TPSA) is 20.3 Å². The first-order valence-electron chi connectivity index (χ1n) is 6.60. The zero-order valence-electron chi connectivity index (χ0n) is 11.1. The summed E-state index contributed by atoms with van der Waals surface area (Å²) in [5, 5.41) is 0. The summed E-state index contributed by atoms with van der Waals surface area (Å²) in [6, 6.07) is 9.55. The lowest BCUT2D eigenvalue weighted by Gasteiger charge is -2.40. The first-order valence-corrected chi connectivity index (χ1v) is 6.60. The van der Waals surface area contributed by atoms with E-state index in [1.165, 1.54) is 6.42 Å². The molecule has 0 saturated carbocycles. The fourth-order valence-electron chi connectivity index (χ4n) is 2.77. The predicted molar refractivity (Wildman–Crippen MR) is 74.5 cm³/mol. The van der Waals surface area contributed by atoms with Crippen LogP contribution in [0.4, 0.5) is 0 Å². The summed E-state index contributed by atoms with van der Waals surface area (Å²) in [6.07, 6.45) is 5.21. The van der Waals surface area contributed by atoms with E-state index in [1.807, 2.05) is 41.3 Å². The van der Waals surface area contributed by atoms with Gasteiger partial charge in [-0.1, -0.05) is 31.2 Å². The Labute approximate surface area is 109 Å². The zero-order chi connectivity index (χ0) is 13.0. The predicted octanol–water partition coefficient (Wildman–Crippen LogP) is 3.51. The van der Waals surface area contributed by atoms with Crippen LogP contribution in [0, 0.1) is 5.41 Å². The number of hydrogen-bond donors (Lipinski definition) is 0. The lowest BCUT2D eigenvalue weighted by Crippen LogP contribution is -2.44. The minimum absolute atomic E-state index is 0.158. The Kier molecular flexibility index (Phi) is 3.85. The van der Waals surface area contributed by atoms with E-state index in [0.29, 0.717) is 0 Å². The molecule has 1 atom stereocenters. The van der Waals surface area contributed by atoms with Gasteiger partial charge < -0.3 is 4.90 Å². The molecule has 1 amide bonds. The number of hydrogen-bond acceptors (Lipinski definition) is 1. The number of likely N-dealkylation sites (tertiary alicyclic amines) is 1. The van der Waals surface area contributed by atoms with Crippen molar-refractivity contribution in [3.05, 3.63) is 48.6 Å². The number of nitrogens with zero attached hydrogens (tertiary/aromatic N) is 1. The van der Waals surface area contributed by atoms with Crippen LogP contribution in [0.3, 0.4) is 0 Å². The number of amides is 1. The summed E-state index contributed by atoms with van der Waals surface area (Å²) in [4.78, 5) is 14.4. The average molecular weight is 243 g/mol. The number of benzene rings is 1. The summed E-state index contributed by atoms with van der Waals surface area (Å²) in [5.41, 5.74) is 0.991. The molecule has 1 aromatic carbocycles. The van der Waals surface area contributed by atoms with Crippen molar-refractivity contribution < 1.29 is 4.79 Å². The van der Waals surface area contributed by atoms with E-state index in [4.69, 9.17) is 0 Å². The molecule has 1 saturated heterocycles. The standard InChI is InChI=1S/C16H21NO/c1-3-10-16(2)11-7-12-17(13-16)15(18)14-8-5-4-6-9-14/h3-6,8-9H,1,7,10-13H2,2H3/t16-/m1/s1. The Morgan fingerprint density at radius 2 is 2.17 bits per heavy atom. The van der Waals surface area contributed by atoms with Crippen LogP contribution in [0.1, 0.15) is 36.5 Å². The number of allylic oxidation sites excluding steroid dienone is 1. The van der Waals surface area contributed by atoms with E-state index in [-0.39, 0.29) is 11.3 Å². The Hall–Kier alpha value is -1.57. The molecule has 1 aliphatic heterocycles. The molecule has 18 heavy (non-hydrogen) atoms. The molecule has 0 aromatic heterocycles. The van der Waals surface area contributed by atoms with Crippen LogP contribution in [0.15, 0.2) is 43.0 Å². The monoisotopic (exact) mass is 243 g/mol. The second-order valence-corrected chi connectivity index (χ2v) is 5.50. The number of carbonyl (C=O) groups excluding carboxylic acids is 1. The van der Waals surface area contributed by atoms with Crippen LogP contribution >= 0.6 is 0 Å². The molecule has 96 valence electrons. The number of carbonyl (C=O) groups is 1. The molecule has 1 heterocycles. The van der Waals surface area contributed by atoms with Gasteiger partial charge in [0.2, 0.25) is 0 Å². The second-order valence-electron chi connectivity index (χ2n) is 5.50. The van der Waals surface area contributed by atoms with E-state index in [9.17, 15) is 4.79 Å². The lowest BCUT2D eigenvalue weighted by atomic mass is 9.79. The van der Waals surface area contributed by atoms with Crippen molar-refractivity contribution in [1.82, 2.24) is 4.90 Å². The van der Waals surface area contributed by atoms with E-state index in [2.05, 4.69) is 13.5 Å². The Balaban J connectivity index is 2.10. The minimum atomic E-state index is 0.158. The summed E-state index contributed by atoms with van der Waals surface area (Å²) in [6.45, 7) is 7.79. The van der Waals surface area contributed by atoms with Gasteiger partial charge in [-0.15, -0.1) is 6.58 Å². The Morgan fingerprint density at radius 1 is 1.44 bits per heavy atom. The summed E-state index contributed by atoms with van der Waals surface area (Å²) in [7, 11) is 0.